The van der Waals surface area contributed by atoms with Crippen LogP contribution in [0.5, 0.6) is 23.0 Å². The van der Waals surface area contributed by atoms with Crippen molar-refractivity contribution in [1.82, 2.24) is 0 Å². The van der Waals surface area contributed by atoms with Crippen LogP contribution in [0.3, 0.4) is 0 Å². The molecule has 4 heteroatoms. The summed E-state index contributed by atoms with van der Waals surface area (Å²) in [6.45, 7) is 0. The van der Waals surface area contributed by atoms with Crippen LogP contribution in [0.15, 0.2) is 218 Å². The first kappa shape index (κ1) is 34.5. The quantitative estimate of drug-likeness (QED) is 0.166. The topological polar surface area (TPSA) is 24.9 Å². The Kier molecular flexibility index (Phi) is 7.57. The molecule has 0 saturated heterocycles. The molecule has 0 radical (unpaired) electrons. The van der Waals surface area contributed by atoms with Gasteiger partial charge in [-0.2, -0.15) is 0 Å². The summed E-state index contributed by atoms with van der Waals surface area (Å²) in [6, 6.07) is 78.3. The van der Waals surface area contributed by atoms with Gasteiger partial charge in [-0.1, -0.05) is 146 Å². The fourth-order valence-corrected chi connectivity index (χ4v) is 9.92. The minimum absolute atomic E-state index is 0.828. The normalized spacial score (nSPS) is 12.7. The minimum Gasteiger partial charge on any atom is -0.453 e. The monoisotopic (exact) mass is 792 g/mol. The van der Waals surface area contributed by atoms with Crippen LogP contribution in [-0.4, -0.2) is 0 Å². The molecule has 2 heterocycles. The Labute approximate surface area is 358 Å². The standard InChI is InChI=1S/C58H36N2O2/c1-3-19-41-37(15-1)17-13-21-43(41)57-45-33-31-40(60-51-25-7-11-29-55(51)62-56-30-12-8-26-52(56)60)36-48(45)58(44-22-14-18-38-16-2-4-20-42(38)44)46-34-32-39(35-47(46)57)59-49-23-5-9-27-53(49)61-54-28-10-6-24-50(54)59/h1-36H. The van der Waals surface area contributed by atoms with E-state index in [1.807, 2.05) is 24.3 Å². The second-order valence-corrected chi connectivity index (χ2v) is 16.0. The number of fused-ring (bicyclic) bond motifs is 8. The van der Waals surface area contributed by atoms with Crippen LogP contribution in [0.4, 0.5) is 34.1 Å². The molecule has 0 fully saturated rings. The van der Waals surface area contributed by atoms with Crippen molar-refractivity contribution in [2.45, 2.75) is 0 Å². The van der Waals surface area contributed by atoms with Crippen LogP contribution in [0.2, 0.25) is 0 Å². The maximum absolute atomic E-state index is 6.49. The zero-order valence-corrected chi connectivity index (χ0v) is 33.5. The summed E-state index contributed by atoms with van der Waals surface area (Å²) in [5.74, 6) is 3.31. The smallest absolute Gasteiger partial charge is 0.151 e. The van der Waals surface area contributed by atoms with Crippen molar-refractivity contribution in [3.63, 3.8) is 0 Å². The molecule has 4 nitrogen and oxygen atoms in total. The lowest BCUT2D eigenvalue weighted by Crippen LogP contribution is -2.16. The zero-order chi connectivity index (χ0) is 40.7. The Morgan fingerprint density at radius 1 is 0.258 bits per heavy atom. The van der Waals surface area contributed by atoms with Crippen molar-refractivity contribution in [3.8, 4) is 45.3 Å². The van der Waals surface area contributed by atoms with Crippen molar-refractivity contribution in [2.24, 2.45) is 0 Å². The van der Waals surface area contributed by atoms with E-state index >= 15 is 0 Å². The van der Waals surface area contributed by atoms with E-state index in [1.54, 1.807) is 0 Å². The van der Waals surface area contributed by atoms with Gasteiger partial charge in [0, 0.05) is 11.4 Å². The van der Waals surface area contributed by atoms with Gasteiger partial charge in [-0.3, -0.25) is 0 Å². The lowest BCUT2D eigenvalue weighted by molar-refractivity contribution is 0.477. The Balaban J connectivity index is 1.18. The molecular weight excluding hydrogens is 757 g/mol. The van der Waals surface area contributed by atoms with E-state index in [0.29, 0.717) is 0 Å². The lowest BCUT2D eigenvalue weighted by Gasteiger charge is -2.33. The largest absolute Gasteiger partial charge is 0.453 e. The fourth-order valence-electron chi connectivity index (χ4n) is 9.92. The molecule has 0 aromatic heterocycles. The van der Waals surface area contributed by atoms with Crippen molar-refractivity contribution in [2.75, 3.05) is 9.80 Å². The highest BCUT2D eigenvalue weighted by atomic mass is 16.5. The molecule has 13 rings (SSSR count). The van der Waals surface area contributed by atoms with E-state index in [9.17, 15) is 0 Å². The second-order valence-electron chi connectivity index (χ2n) is 16.0. The Morgan fingerprint density at radius 2 is 0.597 bits per heavy atom. The van der Waals surface area contributed by atoms with Crippen LogP contribution in [0.1, 0.15) is 0 Å². The first-order chi connectivity index (χ1) is 30.8. The number of nitrogens with zero attached hydrogens (tertiary/aromatic N) is 2. The molecule has 0 amide bonds. The molecule has 62 heavy (non-hydrogen) atoms. The first-order valence-corrected chi connectivity index (χ1v) is 21.1. The highest BCUT2D eigenvalue weighted by Gasteiger charge is 2.29. The molecular formula is C58H36N2O2. The lowest BCUT2D eigenvalue weighted by atomic mass is 9.83. The summed E-state index contributed by atoms with van der Waals surface area (Å²) in [4.78, 5) is 4.69. The molecule has 0 saturated carbocycles. The Hall–Kier alpha value is -8.34. The fraction of sp³-hybridized carbons (Fsp3) is 0. The van der Waals surface area contributed by atoms with Gasteiger partial charge in [0.2, 0.25) is 0 Å². The van der Waals surface area contributed by atoms with Crippen molar-refractivity contribution < 1.29 is 9.47 Å². The van der Waals surface area contributed by atoms with Gasteiger partial charge >= 0.3 is 0 Å². The third kappa shape index (κ3) is 5.20. The van der Waals surface area contributed by atoms with Crippen molar-refractivity contribution in [1.29, 1.82) is 0 Å². The Morgan fingerprint density at radius 3 is 1.00 bits per heavy atom. The number of hydrogen-bond acceptors (Lipinski definition) is 4. The summed E-state index contributed by atoms with van der Waals surface area (Å²) in [5, 5.41) is 9.53. The molecule has 0 N–H and O–H groups in total. The van der Waals surface area contributed by atoms with Gasteiger partial charge in [-0.25, -0.2) is 0 Å². The summed E-state index contributed by atoms with van der Waals surface area (Å²) in [5.41, 5.74) is 10.9. The number of anilines is 6. The van der Waals surface area contributed by atoms with Gasteiger partial charge in [-0.05, 0) is 138 Å². The third-order valence-electron chi connectivity index (χ3n) is 12.6. The highest BCUT2D eigenvalue weighted by Crippen LogP contribution is 2.55. The van der Waals surface area contributed by atoms with E-state index in [1.165, 1.54) is 65.3 Å². The van der Waals surface area contributed by atoms with Crippen LogP contribution in [0, 0.1) is 0 Å². The second kappa shape index (κ2) is 13.6. The van der Waals surface area contributed by atoms with E-state index in [0.717, 1.165) is 57.1 Å². The van der Waals surface area contributed by atoms with Gasteiger partial charge in [0.1, 0.15) is 0 Å². The summed E-state index contributed by atoms with van der Waals surface area (Å²) >= 11 is 0. The van der Waals surface area contributed by atoms with Gasteiger partial charge in [0.05, 0.1) is 22.7 Å². The number of benzene rings is 11. The van der Waals surface area contributed by atoms with E-state index in [-0.39, 0.29) is 0 Å². The Bertz CT molecular complexity index is 3290. The molecule has 11 aromatic carbocycles. The molecule has 11 aromatic rings. The SMILES string of the molecule is c1ccc2c(c1)Oc1ccccc1N2c1ccc2c(-c3cccc4ccccc34)c3cc(N4c5ccccc5Oc5ccccc54)ccc3c(-c3cccc4ccccc34)c2c1. The van der Waals surface area contributed by atoms with Crippen LogP contribution < -0.4 is 19.3 Å². The number of rotatable bonds is 4. The molecule has 0 spiro atoms. The van der Waals surface area contributed by atoms with Gasteiger partial charge < -0.3 is 19.3 Å². The molecule has 2 aliphatic heterocycles. The van der Waals surface area contributed by atoms with E-state index in [2.05, 4.69) is 204 Å². The summed E-state index contributed by atoms with van der Waals surface area (Å²) in [6.07, 6.45) is 0. The van der Waals surface area contributed by atoms with Crippen LogP contribution >= 0.6 is 0 Å². The van der Waals surface area contributed by atoms with Gasteiger partial charge in [0.25, 0.3) is 0 Å². The van der Waals surface area contributed by atoms with E-state index in [4.69, 9.17) is 9.47 Å². The predicted octanol–water partition coefficient (Wildman–Crippen LogP) is 16.8. The van der Waals surface area contributed by atoms with Crippen molar-refractivity contribution in [3.05, 3.63) is 218 Å². The molecule has 0 unspecified atom stereocenters. The maximum atomic E-state index is 6.49. The number of para-hydroxylation sites is 8. The number of ether oxygens (including phenoxy) is 2. The van der Waals surface area contributed by atoms with E-state index < -0.39 is 0 Å². The predicted molar refractivity (Wildman–Crippen MR) is 257 cm³/mol. The average molecular weight is 793 g/mol. The van der Waals surface area contributed by atoms with Crippen LogP contribution in [-0.2, 0) is 0 Å². The van der Waals surface area contributed by atoms with Crippen LogP contribution in [0.25, 0.3) is 65.3 Å². The minimum atomic E-state index is 0.828. The van der Waals surface area contributed by atoms with Gasteiger partial charge in [0.15, 0.2) is 23.0 Å². The molecule has 0 atom stereocenters. The summed E-state index contributed by atoms with van der Waals surface area (Å²) in [7, 11) is 0. The average Bonchev–Trinajstić information content (AvgIpc) is 3.33. The summed E-state index contributed by atoms with van der Waals surface area (Å²) < 4.78 is 13.0. The molecule has 0 bridgehead atoms. The first-order valence-electron chi connectivity index (χ1n) is 21.1. The van der Waals surface area contributed by atoms with Crippen molar-refractivity contribution >= 4 is 77.2 Å². The molecule has 2 aliphatic rings. The van der Waals surface area contributed by atoms with Gasteiger partial charge in [-0.15, -0.1) is 0 Å². The highest BCUT2D eigenvalue weighted by molar-refractivity contribution is 6.26. The zero-order valence-electron chi connectivity index (χ0n) is 33.5. The third-order valence-corrected chi connectivity index (χ3v) is 12.6. The number of hydrogen-bond donors (Lipinski definition) is 0. The molecule has 290 valence electrons. The molecule has 0 aliphatic carbocycles. The maximum Gasteiger partial charge on any atom is 0.151 e.